The Hall–Kier alpha value is -1.82. The van der Waals surface area contributed by atoms with Crippen LogP contribution in [0.25, 0.3) is 0 Å². The summed E-state index contributed by atoms with van der Waals surface area (Å²) in [6.45, 7) is 2.61. The number of likely N-dealkylation sites (tertiary alicyclic amines) is 1. The van der Waals surface area contributed by atoms with E-state index in [0.29, 0.717) is 18.9 Å². The van der Waals surface area contributed by atoms with Gasteiger partial charge in [-0.1, -0.05) is 19.3 Å². The fourth-order valence-electron chi connectivity index (χ4n) is 4.12. The van der Waals surface area contributed by atoms with Crippen LogP contribution in [0.1, 0.15) is 63.2 Å². The van der Waals surface area contributed by atoms with Crippen LogP contribution in [0, 0.1) is 5.92 Å². The zero-order chi connectivity index (χ0) is 18.2. The molecule has 0 spiro atoms. The second-order valence-corrected chi connectivity index (χ2v) is 7.56. The lowest BCUT2D eigenvalue weighted by atomic mass is 9.87. The number of furan rings is 1. The predicted octanol–water partition coefficient (Wildman–Crippen LogP) is 2.62. The van der Waals surface area contributed by atoms with E-state index < -0.39 is 0 Å². The quantitative estimate of drug-likeness (QED) is 0.746. The Morgan fingerprint density at radius 2 is 1.85 bits per heavy atom. The molecule has 1 aromatic heterocycles. The van der Waals surface area contributed by atoms with E-state index in [2.05, 4.69) is 15.5 Å². The number of nitrogens with one attached hydrogen (secondary N) is 2. The summed E-state index contributed by atoms with van der Waals surface area (Å²) in [4.78, 5) is 26.5. The molecule has 1 atom stereocenters. The average Bonchev–Trinajstić information content (AvgIpc) is 3.35. The first-order valence-corrected chi connectivity index (χ1v) is 10.0. The van der Waals surface area contributed by atoms with Crippen LogP contribution in [-0.2, 0) is 9.59 Å². The minimum Gasteiger partial charge on any atom is -0.468 e. The fourth-order valence-corrected chi connectivity index (χ4v) is 4.12. The molecule has 3 rings (SSSR count). The molecule has 26 heavy (non-hydrogen) atoms. The molecule has 0 aromatic carbocycles. The minimum absolute atomic E-state index is 0.00539. The second-order valence-electron chi connectivity index (χ2n) is 7.56. The van der Waals surface area contributed by atoms with Crippen molar-refractivity contribution >= 4 is 11.8 Å². The maximum Gasteiger partial charge on any atom is 0.239 e. The average molecular weight is 361 g/mol. The van der Waals surface area contributed by atoms with Crippen molar-refractivity contribution in [1.29, 1.82) is 0 Å². The number of rotatable bonds is 8. The molecule has 0 radical (unpaired) electrons. The molecule has 6 nitrogen and oxygen atoms in total. The third-order valence-corrected chi connectivity index (χ3v) is 5.59. The topological polar surface area (TPSA) is 74.6 Å². The molecule has 1 aromatic rings. The first-order chi connectivity index (χ1) is 12.7. The Balaban J connectivity index is 1.39. The van der Waals surface area contributed by atoms with Crippen LogP contribution >= 0.6 is 0 Å². The van der Waals surface area contributed by atoms with Crippen LogP contribution in [0.4, 0.5) is 0 Å². The minimum atomic E-state index is -0.141. The lowest BCUT2D eigenvalue weighted by Crippen LogP contribution is -2.41. The van der Waals surface area contributed by atoms with E-state index in [1.54, 1.807) is 6.26 Å². The van der Waals surface area contributed by atoms with E-state index in [-0.39, 0.29) is 24.4 Å². The summed E-state index contributed by atoms with van der Waals surface area (Å²) in [6.07, 6.45) is 10.6. The fraction of sp³-hybridized carbons (Fsp3) is 0.700. The smallest absolute Gasteiger partial charge is 0.239 e. The van der Waals surface area contributed by atoms with Gasteiger partial charge in [-0.2, -0.15) is 0 Å². The van der Waals surface area contributed by atoms with Gasteiger partial charge >= 0.3 is 0 Å². The van der Waals surface area contributed by atoms with Crippen LogP contribution in [0.15, 0.2) is 22.8 Å². The van der Waals surface area contributed by atoms with Crippen LogP contribution < -0.4 is 10.6 Å². The first-order valence-electron chi connectivity index (χ1n) is 10.0. The summed E-state index contributed by atoms with van der Waals surface area (Å²) < 4.78 is 5.56. The number of carbonyl (C=O) groups excluding carboxylic acids is 2. The van der Waals surface area contributed by atoms with Crippen LogP contribution in [-0.4, -0.2) is 42.9 Å². The van der Waals surface area contributed by atoms with E-state index in [9.17, 15) is 9.59 Å². The van der Waals surface area contributed by atoms with Crippen molar-refractivity contribution in [3.63, 3.8) is 0 Å². The Labute approximate surface area is 155 Å². The van der Waals surface area contributed by atoms with E-state index in [1.807, 2.05) is 12.1 Å². The number of hydrogen-bond donors (Lipinski definition) is 2. The molecule has 2 heterocycles. The standard InChI is InChI=1S/C20H31N3O3/c24-19(13-16-7-2-1-3-8-16)22-15-20(25)21-14-17(18-9-6-12-26-18)23-10-4-5-11-23/h6,9,12,16-17H,1-5,7-8,10-11,13-15H2,(H,21,25)(H,22,24). The third-order valence-electron chi connectivity index (χ3n) is 5.59. The second kappa shape index (κ2) is 9.76. The maximum absolute atomic E-state index is 12.2. The first kappa shape index (κ1) is 19.0. The molecule has 2 amide bonds. The molecular formula is C20H31N3O3. The van der Waals surface area contributed by atoms with Crippen molar-refractivity contribution < 1.29 is 14.0 Å². The summed E-state index contributed by atoms with van der Waals surface area (Å²) in [5.41, 5.74) is 0. The van der Waals surface area contributed by atoms with E-state index >= 15 is 0 Å². The molecule has 1 aliphatic heterocycles. The van der Waals surface area contributed by atoms with Gasteiger partial charge in [0.15, 0.2) is 0 Å². The van der Waals surface area contributed by atoms with Crippen molar-refractivity contribution in [3.05, 3.63) is 24.2 Å². The highest BCUT2D eigenvalue weighted by molar-refractivity contribution is 5.84. The van der Waals surface area contributed by atoms with Crippen molar-refractivity contribution in [2.75, 3.05) is 26.2 Å². The van der Waals surface area contributed by atoms with Crippen LogP contribution in [0.5, 0.6) is 0 Å². The predicted molar refractivity (Wildman–Crippen MR) is 99.5 cm³/mol. The number of hydrogen-bond acceptors (Lipinski definition) is 4. The van der Waals surface area contributed by atoms with Crippen molar-refractivity contribution in [3.8, 4) is 0 Å². The highest BCUT2D eigenvalue weighted by Gasteiger charge is 2.26. The highest BCUT2D eigenvalue weighted by atomic mass is 16.3. The zero-order valence-electron chi connectivity index (χ0n) is 15.5. The summed E-state index contributed by atoms with van der Waals surface area (Å²) in [6, 6.07) is 3.90. The molecule has 1 aliphatic carbocycles. The van der Waals surface area contributed by atoms with Gasteiger partial charge in [0, 0.05) is 13.0 Å². The van der Waals surface area contributed by atoms with Crippen molar-refractivity contribution in [1.82, 2.24) is 15.5 Å². The maximum atomic E-state index is 12.2. The largest absolute Gasteiger partial charge is 0.468 e. The zero-order valence-corrected chi connectivity index (χ0v) is 15.5. The van der Waals surface area contributed by atoms with E-state index in [0.717, 1.165) is 31.7 Å². The van der Waals surface area contributed by atoms with Gasteiger partial charge in [0.05, 0.1) is 18.8 Å². The Morgan fingerprint density at radius 1 is 1.08 bits per heavy atom. The van der Waals surface area contributed by atoms with E-state index in [1.165, 1.54) is 32.1 Å². The van der Waals surface area contributed by atoms with Gasteiger partial charge in [-0.05, 0) is 56.8 Å². The molecule has 1 saturated heterocycles. The summed E-state index contributed by atoms with van der Waals surface area (Å²) in [5, 5.41) is 5.72. The SMILES string of the molecule is O=C(CNC(=O)CC1CCCCC1)NCC(c1ccco1)N1CCCC1. The van der Waals surface area contributed by atoms with Gasteiger partial charge in [0.25, 0.3) is 0 Å². The number of carbonyl (C=O) groups is 2. The van der Waals surface area contributed by atoms with Gasteiger partial charge in [0.2, 0.25) is 11.8 Å². The molecule has 1 saturated carbocycles. The van der Waals surface area contributed by atoms with Crippen LogP contribution in [0.3, 0.4) is 0 Å². The van der Waals surface area contributed by atoms with Crippen LogP contribution in [0.2, 0.25) is 0 Å². The third kappa shape index (κ3) is 5.59. The Morgan fingerprint density at radius 3 is 2.54 bits per heavy atom. The number of amides is 2. The van der Waals surface area contributed by atoms with Gasteiger partial charge < -0.3 is 15.1 Å². The summed E-state index contributed by atoms with van der Waals surface area (Å²) in [7, 11) is 0. The Kier molecular flexibility index (Phi) is 7.12. The molecular weight excluding hydrogens is 330 g/mol. The van der Waals surface area contributed by atoms with Crippen molar-refractivity contribution in [2.45, 2.75) is 57.4 Å². The lowest BCUT2D eigenvalue weighted by Gasteiger charge is -2.26. The molecule has 6 heteroatoms. The highest BCUT2D eigenvalue weighted by Crippen LogP contribution is 2.26. The molecule has 0 bridgehead atoms. The monoisotopic (exact) mass is 361 g/mol. The molecule has 2 fully saturated rings. The molecule has 2 N–H and O–H groups in total. The molecule has 1 unspecified atom stereocenters. The number of nitrogens with zero attached hydrogens (tertiary/aromatic N) is 1. The van der Waals surface area contributed by atoms with Gasteiger partial charge in [-0.3, -0.25) is 14.5 Å². The van der Waals surface area contributed by atoms with Gasteiger partial charge in [-0.25, -0.2) is 0 Å². The summed E-state index contributed by atoms with van der Waals surface area (Å²) >= 11 is 0. The summed E-state index contributed by atoms with van der Waals surface area (Å²) in [5.74, 6) is 1.23. The molecule has 2 aliphatic rings. The van der Waals surface area contributed by atoms with Crippen molar-refractivity contribution in [2.24, 2.45) is 5.92 Å². The molecule has 144 valence electrons. The Bertz CT molecular complexity index is 561. The van der Waals surface area contributed by atoms with Gasteiger partial charge in [-0.15, -0.1) is 0 Å². The van der Waals surface area contributed by atoms with Gasteiger partial charge in [0.1, 0.15) is 5.76 Å². The lowest BCUT2D eigenvalue weighted by molar-refractivity contribution is -0.126. The van der Waals surface area contributed by atoms with E-state index in [4.69, 9.17) is 4.42 Å². The normalized spacial score (nSPS) is 20.0.